The van der Waals surface area contributed by atoms with E-state index in [1.807, 2.05) is 0 Å². The van der Waals surface area contributed by atoms with Gasteiger partial charge in [0.05, 0.1) is 11.8 Å². The lowest BCUT2D eigenvalue weighted by molar-refractivity contribution is 0.0618. The maximum atomic E-state index is 9.19. The van der Waals surface area contributed by atoms with Gasteiger partial charge in [-0.05, 0) is 19.3 Å². The average molecular weight is 258 g/mol. The lowest BCUT2D eigenvalue weighted by Gasteiger charge is -2.32. The van der Waals surface area contributed by atoms with Gasteiger partial charge in [0.15, 0.2) is 5.15 Å². The van der Waals surface area contributed by atoms with E-state index in [0.717, 1.165) is 43.6 Å². The van der Waals surface area contributed by atoms with Gasteiger partial charge < -0.3 is 15.4 Å². The number of nitrogens with one attached hydrogen (secondary N) is 2. The quantitative estimate of drug-likeness (QED) is 0.731. The molecule has 4 nitrogen and oxygen atoms in total. The number of aliphatic hydroxyl groups excluding tert-OH is 1. The van der Waals surface area contributed by atoms with Crippen LogP contribution in [-0.2, 0) is 13.0 Å². The molecular formula is C12H20ClN3O. The number of rotatable bonds is 6. The summed E-state index contributed by atoms with van der Waals surface area (Å²) in [6.07, 6.45) is 4.81. The van der Waals surface area contributed by atoms with E-state index < -0.39 is 0 Å². The Morgan fingerprint density at radius 1 is 1.53 bits per heavy atom. The largest absolute Gasteiger partial charge is 0.393 e. The van der Waals surface area contributed by atoms with Crippen LogP contribution < -0.4 is 5.32 Å². The molecule has 1 fully saturated rings. The van der Waals surface area contributed by atoms with Crippen LogP contribution in [0.2, 0.25) is 5.15 Å². The predicted octanol–water partition coefficient (Wildman–Crippen LogP) is 2.02. The van der Waals surface area contributed by atoms with Gasteiger partial charge >= 0.3 is 0 Å². The number of nitrogens with zero attached hydrogens (tertiary/aromatic N) is 1. The molecule has 1 heterocycles. The van der Waals surface area contributed by atoms with E-state index in [9.17, 15) is 5.11 Å². The van der Waals surface area contributed by atoms with Gasteiger partial charge in [0.25, 0.3) is 0 Å². The molecule has 0 radical (unpaired) electrons. The van der Waals surface area contributed by atoms with E-state index in [4.69, 9.17) is 11.6 Å². The number of hydrogen-bond donors (Lipinski definition) is 3. The second kappa shape index (κ2) is 5.85. The van der Waals surface area contributed by atoms with Crippen molar-refractivity contribution in [3.8, 4) is 0 Å². The van der Waals surface area contributed by atoms with Crippen LogP contribution in [0.3, 0.4) is 0 Å². The topological polar surface area (TPSA) is 60.9 Å². The molecule has 1 aromatic heterocycles. The second-order valence-corrected chi connectivity index (χ2v) is 5.12. The molecule has 1 aliphatic rings. The lowest BCUT2D eigenvalue weighted by Crippen LogP contribution is -2.43. The first-order valence-electron chi connectivity index (χ1n) is 6.33. The summed E-state index contributed by atoms with van der Waals surface area (Å²) < 4.78 is 0. The number of unbranched alkanes of at least 4 members (excludes halogenated alkanes) is 1. The molecule has 1 saturated carbocycles. The third kappa shape index (κ3) is 3.44. The molecule has 0 aromatic carbocycles. The number of aromatic amines is 1. The number of aryl methyl sites for hydroxylation is 1. The molecule has 2 rings (SSSR count). The smallest absolute Gasteiger partial charge is 0.151 e. The van der Waals surface area contributed by atoms with Crippen LogP contribution in [0.4, 0.5) is 0 Å². The number of halogens is 1. The van der Waals surface area contributed by atoms with Crippen molar-refractivity contribution in [3.63, 3.8) is 0 Å². The van der Waals surface area contributed by atoms with Gasteiger partial charge in [0, 0.05) is 19.0 Å². The van der Waals surface area contributed by atoms with Crippen molar-refractivity contribution in [2.45, 2.75) is 57.7 Å². The zero-order valence-electron chi connectivity index (χ0n) is 10.2. The van der Waals surface area contributed by atoms with E-state index in [1.54, 1.807) is 0 Å². The fourth-order valence-corrected chi connectivity index (χ4v) is 2.24. The summed E-state index contributed by atoms with van der Waals surface area (Å²) in [7, 11) is 0. The highest BCUT2D eigenvalue weighted by molar-refractivity contribution is 6.30. The van der Waals surface area contributed by atoms with E-state index in [2.05, 4.69) is 22.2 Å². The first-order valence-corrected chi connectivity index (χ1v) is 6.71. The highest BCUT2D eigenvalue weighted by Gasteiger charge is 2.26. The maximum absolute atomic E-state index is 9.19. The van der Waals surface area contributed by atoms with Gasteiger partial charge in [-0.2, -0.15) is 0 Å². The molecule has 1 aromatic rings. The van der Waals surface area contributed by atoms with Gasteiger partial charge in [0.1, 0.15) is 5.82 Å². The standard InChI is InChI=1S/C12H20ClN3O/c1-2-3-4-11-15-10(12(13)16-11)7-14-8-5-9(17)6-8/h8-9,14,17H,2-7H2,1H3,(H,15,16). The predicted molar refractivity (Wildman–Crippen MR) is 68.1 cm³/mol. The number of hydrogen-bond acceptors (Lipinski definition) is 3. The molecule has 0 bridgehead atoms. The monoisotopic (exact) mass is 257 g/mol. The third-order valence-electron chi connectivity index (χ3n) is 3.23. The first kappa shape index (κ1) is 12.9. The van der Waals surface area contributed by atoms with Crippen LogP contribution in [0.1, 0.15) is 44.1 Å². The van der Waals surface area contributed by atoms with Crippen molar-refractivity contribution in [2.75, 3.05) is 0 Å². The van der Waals surface area contributed by atoms with Crippen LogP contribution in [0.25, 0.3) is 0 Å². The summed E-state index contributed by atoms with van der Waals surface area (Å²) in [5.41, 5.74) is 0.958. The Balaban J connectivity index is 1.81. The Bertz CT molecular complexity index is 361. The number of aromatic nitrogens is 2. The van der Waals surface area contributed by atoms with E-state index in [0.29, 0.717) is 17.7 Å². The molecule has 96 valence electrons. The Morgan fingerprint density at radius 2 is 2.29 bits per heavy atom. The lowest BCUT2D eigenvalue weighted by atomic mass is 9.89. The van der Waals surface area contributed by atoms with Gasteiger partial charge in [0.2, 0.25) is 0 Å². The van der Waals surface area contributed by atoms with Gasteiger partial charge in [-0.1, -0.05) is 24.9 Å². The molecular weight excluding hydrogens is 238 g/mol. The molecule has 3 N–H and O–H groups in total. The summed E-state index contributed by atoms with van der Waals surface area (Å²) in [5, 5.41) is 13.1. The van der Waals surface area contributed by atoms with Crippen molar-refractivity contribution in [1.29, 1.82) is 0 Å². The molecule has 0 atom stereocenters. The Kier molecular flexibility index (Phi) is 4.42. The van der Waals surface area contributed by atoms with Gasteiger partial charge in [-0.25, -0.2) is 4.98 Å². The molecule has 0 saturated heterocycles. The van der Waals surface area contributed by atoms with Crippen LogP contribution in [0.15, 0.2) is 0 Å². The summed E-state index contributed by atoms with van der Waals surface area (Å²) in [6, 6.07) is 0.420. The first-order chi connectivity index (χ1) is 8.19. The minimum atomic E-state index is -0.121. The summed E-state index contributed by atoms with van der Waals surface area (Å²) in [6.45, 7) is 2.87. The number of imidazole rings is 1. The Morgan fingerprint density at radius 3 is 2.94 bits per heavy atom. The summed E-state index contributed by atoms with van der Waals surface area (Å²) in [4.78, 5) is 7.57. The van der Waals surface area contributed by atoms with Gasteiger partial charge in [-0.15, -0.1) is 0 Å². The van der Waals surface area contributed by atoms with Crippen molar-refractivity contribution >= 4 is 11.6 Å². The van der Waals surface area contributed by atoms with Crippen molar-refractivity contribution in [1.82, 2.24) is 15.3 Å². The molecule has 0 aliphatic heterocycles. The summed E-state index contributed by atoms with van der Waals surface area (Å²) >= 11 is 6.07. The highest BCUT2D eigenvalue weighted by Crippen LogP contribution is 2.21. The average Bonchev–Trinajstić information content (AvgIpc) is 2.61. The zero-order chi connectivity index (χ0) is 12.3. The molecule has 0 spiro atoms. The maximum Gasteiger partial charge on any atom is 0.151 e. The second-order valence-electron chi connectivity index (χ2n) is 4.76. The van der Waals surface area contributed by atoms with Crippen molar-refractivity contribution < 1.29 is 5.11 Å². The molecule has 1 aliphatic carbocycles. The van der Waals surface area contributed by atoms with Crippen LogP contribution in [-0.4, -0.2) is 27.2 Å². The van der Waals surface area contributed by atoms with Crippen LogP contribution in [0, 0.1) is 0 Å². The minimum Gasteiger partial charge on any atom is -0.393 e. The minimum absolute atomic E-state index is 0.121. The number of aliphatic hydroxyl groups is 1. The summed E-state index contributed by atoms with van der Waals surface area (Å²) in [5.74, 6) is 0.974. The van der Waals surface area contributed by atoms with E-state index >= 15 is 0 Å². The SMILES string of the molecule is CCCCc1nc(Cl)c(CNC2CC(O)C2)[nH]1. The molecule has 5 heteroatoms. The zero-order valence-corrected chi connectivity index (χ0v) is 10.9. The Hall–Kier alpha value is -0.580. The molecule has 17 heavy (non-hydrogen) atoms. The van der Waals surface area contributed by atoms with Gasteiger partial charge in [-0.3, -0.25) is 0 Å². The fraction of sp³-hybridized carbons (Fsp3) is 0.750. The normalized spacial score (nSPS) is 23.7. The number of H-pyrrole nitrogens is 1. The van der Waals surface area contributed by atoms with E-state index in [1.165, 1.54) is 0 Å². The Labute approximate surface area is 107 Å². The fourth-order valence-electron chi connectivity index (χ4n) is 2.02. The van der Waals surface area contributed by atoms with Crippen LogP contribution >= 0.6 is 11.6 Å². The van der Waals surface area contributed by atoms with Crippen LogP contribution in [0.5, 0.6) is 0 Å². The van der Waals surface area contributed by atoms with E-state index in [-0.39, 0.29) is 6.10 Å². The third-order valence-corrected chi connectivity index (χ3v) is 3.54. The highest BCUT2D eigenvalue weighted by atomic mass is 35.5. The molecule has 0 unspecified atom stereocenters. The van der Waals surface area contributed by atoms with Crippen molar-refractivity contribution in [2.24, 2.45) is 0 Å². The molecule has 0 amide bonds. The van der Waals surface area contributed by atoms with Crippen molar-refractivity contribution in [3.05, 3.63) is 16.7 Å².